The van der Waals surface area contributed by atoms with Gasteiger partial charge in [-0.1, -0.05) is 13.8 Å². The lowest BCUT2D eigenvalue weighted by molar-refractivity contribution is 0.106. The molecule has 1 aliphatic rings. The largest absolute Gasteiger partial charge is 0.383 e. The first-order chi connectivity index (χ1) is 5.68. The molecule has 0 bridgehead atoms. The molecule has 1 aliphatic heterocycles. The highest BCUT2D eigenvalue weighted by Crippen LogP contribution is 2.26. The molecule has 0 amide bonds. The van der Waals surface area contributed by atoms with Crippen molar-refractivity contribution in [2.75, 3.05) is 20.3 Å². The molecule has 2 nitrogen and oxygen atoms in total. The Morgan fingerprint density at radius 2 is 2.25 bits per heavy atom. The van der Waals surface area contributed by atoms with Crippen LogP contribution in [0.1, 0.15) is 33.1 Å². The molecule has 12 heavy (non-hydrogen) atoms. The summed E-state index contributed by atoms with van der Waals surface area (Å²) in [4.78, 5) is 0. The average Bonchev–Trinajstić information content (AvgIpc) is 2.36. The molecule has 0 aromatic heterocycles. The monoisotopic (exact) mass is 171 g/mol. The predicted octanol–water partition coefficient (Wildman–Crippen LogP) is 1.80. The lowest BCUT2D eigenvalue weighted by Crippen LogP contribution is -2.45. The fourth-order valence-corrected chi connectivity index (χ4v) is 2.28. The minimum absolute atomic E-state index is 0.295. The SMILES string of the molecule is COC[C@@]1(CC(C)C)CCCN1. The van der Waals surface area contributed by atoms with Gasteiger partial charge in [0.25, 0.3) is 0 Å². The summed E-state index contributed by atoms with van der Waals surface area (Å²) in [6, 6.07) is 0. The van der Waals surface area contributed by atoms with E-state index in [0.717, 1.165) is 19.1 Å². The molecule has 1 atom stereocenters. The molecule has 0 unspecified atom stereocenters. The quantitative estimate of drug-likeness (QED) is 0.696. The topological polar surface area (TPSA) is 21.3 Å². The van der Waals surface area contributed by atoms with Gasteiger partial charge in [-0.25, -0.2) is 0 Å². The zero-order chi connectivity index (χ0) is 9.03. The first kappa shape index (κ1) is 10.0. The standard InChI is InChI=1S/C10H21NO/c1-9(2)7-10(8-12-3)5-4-6-11-10/h9,11H,4-8H2,1-3H3/t10-/m0/s1. The first-order valence-corrected chi connectivity index (χ1v) is 4.92. The molecule has 0 spiro atoms. The van der Waals surface area contributed by atoms with Crippen molar-refractivity contribution in [1.82, 2.24) is 5.32 Å². The maximum absolute atomic E-state index is 5.27. The van der Waals surface area contributed by atoms with Gasteiger partial charge in [0.05, 0.1) is 6.61 Å². The van der Waals surface area contributed by atoms with E-state index < -0.39 is 0 Å². The average molecular weight is 171 g/mol. The van der Waals surface area contributed by atoms with Gasteiger partial charge < -0.3 is 10.1 Å². The van der Waals surface area contributed by atoms with E-state index in [2.05, 4.69) is 19.2 Å². The smallest absolute Gasteiger partial charge is 0.0644 e. The van der Waals surface area contributed by atoms with E-state index in [1.54, 1.807) is 7.11 Å². The van der Waals surface area contributed by atoms with Crippen LogP contribution in [0.4, 0.5) is 0 Å². The summed E-state index contributed by atoms with van der Waals surface area (Å²) in [5.74, 6) is 0.755. The van der Waals surface area contributed by atoms with Crippen LogP contribution >= 0.6 is 0 Å². The number of hydrogen-bond donors (Lipinski definition) is 1. The van der Waals surface area contributed by atoms with Crippen LogP contribution in [0, 0.1) is 5.92 Å². The first-order valence-electron chi connectivity index (χ1n) is 4.92. The molecular weight excluding hydrogens is 150 g/mol. The summed E-state index contributed by atoms with van der Waals surface area (Å²) in [6.07, 6.45) is 3.82. The van der Waals surface area contributed by atoms with Gasteiger partial charge in [0.15, 0.2) is 0 Å². The minimum atomic E-state index is 0.295. The molecule has 1 fully saturated rings. The van der Waals surface area contributed by atoms with Crippen molar-refractivity contribution in [1.29, 1.82) is 0 Å². The van der Waals surface area contributed by atoms with E-state index in [-0.39, 0.29) is 0 Å². The van der Waals surface area contributed by atoms with Gasteiger partial charge in [-0.3, -0.25) is 0 Å². The highest BCUT2D eigenvalue weighted by molar-refractivity contribution is 4.93. The summed E-state index contributed by atoms with van der Waals surface area (Å²) in [5, 5.41) is 3.58. The molecule has 1 N–H and O–H groups in total. The molecule has 0 aliphatic carbocycles. The maximum atomic E-state index is 5.27. The van der Waals surface area contributed by atoms with Crippen molar-refractivity contribution in [3.63, 3.8) is 0 Å². The van der Waals surface area contributed by atoms with Crippen LogP contribution in [0.25, 0.3) is 0 Å². The zero-order valence-corrected chi connectivity index (χ0v) is 8.52. The molecule has 0 radical (unpaired) electrons. The second-order valence-electron chi connectivity index (χ2n) is 4.34. The van der Waals surface area contributed by atoms with Crippen molar-refractivity contribution in [2.24, 2.45) is 5.92 Å². The summed E-state index contributed by atoms with van der Waals surface area (Å²) in [7, 11) is 1.79. The van der Waals surface area contributed by atoms with E-state index in [1.807, 2.05) is 0 Å². The molecular formula is C10H21NO. The van der Waals surface area contributed by atoms with Gasteiger partial charge in [-0.05, 0) is 31.7 Å². The van der Waals surface area contributed by atoms with E-state index >= 15 is 0 Å². The second-order valence-corrected chi connectivity index (χ2v) is 4.34. The molecule has 0 aromatic rings. The molecule has 1 heterocycles. The second kappa shape index (κ2) is 4.24. The Kier molecular flexibility index (Phi) is 3.53. The van der Waals surface area contributed by atoms with Gasteiger partial charge in [-0.15, -0.1) is 0 Å². The van der Waals surface area contributed by atoms with Crippen molar-refractivity contribution < 1.29 is 4.74 Å². The van der Waals surface area contributed by atoms with E-state index in [9.17, 15) is 0 Å². The van der Waals surface area contributed by atoms with E-state index in [0.29, 0.717) is 5.54 Å². The van der Waals surface area contributed by atoms with Crippen molar-refractivity contribution in [3.8, 4) is 0 Å². The normalized spacial score (nSPS) is 30.0. The van der Waals surface area contributed by atoms with E-state index in [4.69, 9.17) is 4.74 Å². The van der Waals surface area contributed by atoms with Gasteiger partial charge in [0.2, 0.25) is 0 Å². The Hall–Kier alpha value is -0.0800. The van der Waals surface area contributed by atoms with Crippen molar-refractivity contribution >= 4 is 0 Å². The maximum Gasteiger partial charge on any atom is 0.0644 e. The van der Waals surface area contributed by atoms with Gasteiger partial charge in [0, 0.05) is 12.6 Å². The van der Waals surface area contributed by atoms with Gasteiger partial charge in [-0.2, -0.15) is 0 Å². The fourth-order valence-electron chi connectivity index (χ4n) is 2.28. The van der Waals surface area contributed by atoms with Crippen LogP contribution in [0.3, 0.4) is 0 Å². The Morgan fingerprint density at radius 3 is 2.67 bits per heavy atom. The molecule has 72 valence electrons. The Balaban J connectivity index is 2.46. The molecule has 0 aromatic carbocycles. The van der Waals surface area contributed by atoms with Crippen LogP contribution < -0.4 is 5.32 Å². The van der Waals surface area contributed by atoms with Crippen LogP contribution in [-0.2, 0) is 4.74 Å². The van der Waals surface area contributed by atoms with E-state index in [1.165, 1.54) is 19.3 Å². The van der Waals surface area contributed by atoms with Crippen molar-refractivity contribution in [3.05, 3.63) is 0 Å². The third kappa shape index (κ3) is 2.46. The lowest BCUT2D eigenvalue weighted by Gasteiger charge is -2.30. The van der Waals surface area contributed by atoms with Gasteiger partial charge in [0.1, 0.15) is 0 Å². The van der Waals surface area contributed by atoms with Gasteiger partial charge >= 0.3 is 0 Å². The third-order valence-corrected chi connectivity index (χ3v) is 2.55. The highest BCUT2D eigenvalue weighted by Gasteiger charge is 2.33. The van der Waals surface area contributed by atoms with Crippen LogP contribution in [0.5, 0.6) is 0 Å². The number of hydrogen-bond acceptors (Lipinski definition) is 2. The van der Waals surface area contributed by atoms with Crippen LogP contribution in [-0.4, -0.2) is 25.8 Å². The summed E-state index contributed by atoms with van der Waals surface area (Å²) in [5.41, 5.74) is 0.295. The minimum Gasteiger partial charge on any atom is -0.383 e. The number of nitrogens with one attached hydrogen (secondary N) is 1. The molecule has 0 saturated carbocycles. The Morgan fingerprint density at radius 1 is 1.50 bits per heavy atom. The Labute approximate surface area is 75.7 Å². The number of methoxy groups -OCH3 is 1. The number of ether oxygens (including phenoxy) is 1. The third-order valence-electron chi connectivity index (χ3n) is 2.55. The molecule has 1 saturated heterocycles. The molecule has 1 rings (SSSR count). The Bertz CT molecular complexity index is 128. The highest BCUT2D eigenvalue weighted by atomic mass is 16.5. The summed E-state index contributed by atoms with van der Waals surface area (Å²) >= 11 is 0. The predicted molar refractivity (Wildman–Crippen MR) is 51.3 cm³/mol. The van der Waals surface area contributed by atoms with Crippen molar-refractivity contribution in [2.45, 2.75) is 38.6 Å². The number of rotatable bonds is 4. The summed E-state index contributed by atoms with van der Waals surface area (Å²) < 4.78 is 5.27. The summed E-state index contributed by atoms with van der Waals surface area (Å²) in [6.45, 7) is 6.58. The van der Waals surface area contributed by atoms with Crippen LogP contribution in [0.15, 0.2) is 0 Å². The fraction of sp³-hybridized carbons (Fsp3) is 1.00. The zero-order valence-electron chi connectivity index (χ0n) is 8.52. The van der Waals surface area contributed by atoms with Crippen LogP contribution in [0.2, 0.25) is 0 Å². The lowest BCUT2D eigenvalue weighted by atomic mass is 9.88. The molecule has 2 heteroatoms.